The molecule has 26 N–H and O–H groups in total. The largest absolute Gasteiger partial charge is 0.481 e. The van der Waals surface area contributed by atoms with E-state index in [-0.39, 0.29) is 50.7 Å². The Morgan fingerprint density at radius 3 is 1.13 bits per heavy atom. The zero-order chi connectivity index (χ0) is 51.4. The summed E-state index contributed by atoms with van der Waals surface area (Å²) < 4.78 is 0. The average Bonchev–Trinajstić information content (AvgIpc) is 3.24. The van der Waals surface area contributed by atoms with E-state index in [1.165, 1.54) is 0 Å². The number of aliphatic carboxylic acids is 2. The predicted molar refractivity (Wildman–Crippen MR) is 229 cm³/mol. The highest BCUT2D eigenvalue weighted by atomic mass is 16.4. The Morgan fingerprint density at radius 1 is 0.418 bits per heavy atom. The van der Waals surface area contributed by atoms with E-state index in [2.05, 4.69) is 47.2 Å². The van der Waals surface area contributed by atoms with Crippen molar-refractivity contribution in [2.24, 2.45) is 50.1 Å². The van der Waals surface area contributed by atoms with Gasteiger partial charge in [0.15, 0.2) is 11.9 Å². The van der Waals surface area contributed by atoms with Gasteiger partial charge in [-0.1, -0.05) is 0 Å². The molecule has 0 aromatic heterocycles. The molecule has 0 bridgehead atoms. The van der Waals surface area contributed by atoms with Crippen LogP contribution in [0.5, 0.6) is 0 Å². The third kappa shape index (κ3) is 25.0. The summed E-state index contributed by atoms with van der Waals surface area (Å²) in [4.78, 5) is 147. The van der Waals surface area contributed by atoms with Crippen LogP contribution in [0.2, 0.25) is 0 Å². The van der Waals surface area contributed by atoms with Crippen LogP contribution in [0.25, 0.3) is 0 Å². The Labute approximate surface area is 381 Å². The molecule has 67 heavy (non-hydrogen) atoms. The van der Waals surface area contributed by atoms with E-state index >= 15 is 0 Å². The van der Waals surface area contributed by atoms with Gasteiger partial charge in [0, 0.05) is 25.9 Å². The highest BCUT2D eigenvalue weighted by Crippen LogP contribution is 2.08. The van der Waals surface area contributed by atoms with Crippen LogP contribution >= 0.6 is 0 Å². The van der Waals surface area contributed by atoms with Gasteiger partial charge in [-0.05, 0) is 38.5 Å². The Kier molecular flexibility index (Phi) is 27.9. The van der Waals surface area contributed by atoms with E-state index in [1.807, 2.05) is 0 Å². The molecule has 0 saturated carbocycles. The quantitative estimate of drug-likeness (QED) is 0.0162. The summed E-state index contributed by atoms with van der Waals surface area (Å²) in [6.07, 6.45) is -4.10. The van der Waals surface area contributed by atoms with Gasteiger partial charge < -0.3 is 103 Å². The van der Waals surface area contributed by atoms with Crippen LogP contribution in [0.15, 0.2) is 9.98 Å². The van der Waals surface area contributed by atoms with Crippen molar-refractivity contribution in [2.45, 2.75) is 106 Å². The molecular weight excluding hydrogens is 900 g/mol. The van der Waals surface area contributed by atoms with Crippen molar-refractivity contribution < 1.29 is 78.3 Å². The van der Waals surface area contributed by atoms with Crippen molar-refractivity contribution in [1.82, 2.24) is 37.2 Å². The lowest BCUT2D eigenvalue weighted by Crippen LogP contribution is -2.61. The Morgan fingerprint density at radius 2 is 0.761 bits per heavy atom. The third-order valence-corrected chi connectivity index (χ3v) is 8.93. The van der Waals surface area contributed by atoms with Gasteiger partial charge in [0.25, 0.3) is 0 Å². The number of nitrogens with one attached hydrogen (secondary N) is 7. The number of hydrogen-bond donors (Lipinski definition) is 19. The molecular formula is C35H62N16O16. The number of guanidine groups is 2. The van der Waals surface area contributed by atoms with Crippen molar-refractivity contribution in [3.05, 3.63) is 0 Å². The molecule has 32 nitrogen and oxygen atoms in total. The fourth-order valence-electron chi connectivity index (χ4n) is 5.42. The van der Waals surface area contributed by atoms with Gasteiger partial charge in [-0.2, -0.15) is 0 Å². The number of carbonyl (C=O) groups excluding carboxylic acids is 9. The molecule has 0 aromatic carbocycles. The second kappa shape index (κ2) is 31.4. The lowest BCUT2D eigenvalue weighted by atomic mass is 10.0. The lowest BCUT2D eigenvalue weighted by Gasteiger charge is -2.27. The number of aliphatic hydroxyl groups excluding tert-OH is 3. The molecule has 0 radical (unpaired) electrons. The van der Waals surface area contributed by atoms with E-state index in [1.54, 1.807) is 0 Å². The molecule has 0 rings (SSSR count). The maximum absolute atomic E-state index is 13.7. The molecule has 0 spiro atoms. The molecule has 0 unspecified atom stereocenters. The van der Waals surface area contributed by atoms with E-state index in [0.717, 1.165) is 0 Å². The molecule has 0 fully saturated rings. The molecule has 0 aliphatic heterocycles. The molecule has 0 saturated heterocycles. The number of hydrogen-bond acceptors (Lipinski definition) is 17. The molecule has 32 heteroatoms. The summed E-state index contributed by atoms with van der Waals surface area (Å²) in [7, 11) is 0. The molecule has 378 valence electrons. The maximum Gasteiger partial charge on any atom is 0.326 e. The standard InChI is InChI=1S/C35H62N16O16/c36-15(12-52)26(59)50-21(13-53)31(64)45-16(3-1-9-43-34(39)40)27(60)49-20(11-24(38)56)30(63)47-18(6-8-25(57)58)28(61)46-17(5-7-23(37)55)29(62)51-22(14-54)32(65)48-19(33(66)67)4-2-10-44-35(41)42/h15-22,52-54H,1-14,36H2,(H2,37,55)(H2,38,56)(H,45,64)(H,46,61)(H,47,63)(H,48,65)(H,49,60)(H,50,59)(H,51,62)(H,57,58)(H,66,67)(H4,39,40,43)(H4,41,42,44)/t15-,16-,17-,18-,19-,20-,21-,22-/m0/s1. The fourth-order valence-corrected chi connectivity index (χ4v) is 5.42. The van der Waals surface area contributed by atoms with Crippen LogP contribution in [-0.4, -0.2) is 184 Å². The molecule has 0 heterocycles. The second-order valence-corrected chi connectivity index (χ2v) is 14.4. The van der Waals surface area contributed by atoms with Crippen LogP contribution in [0.4, 0.5) is 0 Å². The normalized spacial score (nSPS) is 14.3. The zero-order valence-corrected chi connectivity index (χ0v) is 36.2. The fraction of sp³-hybridized carbons (Fsp3) is 0.629. The first-order valence-electron chi connectivity index (χ1n) is 20.2. The van der Waals surface area contributed by atoms with Gasteiger partial charge in [-0.15, -0.1) is 0 Å². The van der Waals surface area contributed by atoms with Crippen molar-refractivity contribution >= 4 is 77.0 Å². The predicted octanol–water partition coefficient (Wildman–Crippen LogP) is -11.1. The summed E-state index contributed by atoms with van der Waals surface area (Å²) in [6.45, 7) is -3.07. The van der Waals surface area contributed by atoms with Crippen molar-refractivity contribution in [2.75, 3.05) is 32.9 Å². The number of nitrogens with two attached hydrogens (primary N) is 7. The third-order valence-electron chi connectivity index (χ3n) is 8.93. The summed E-state index contributed by atoms with van der Waals surface area (Å²) in [6, 6.07) is -13.9. The van der Waals surface area contributed by atoms with Crippen molar-refractivity contribution in [1.29, 1.82) is 0 Å². The first-order chi connectivity index (χ1) is 31.4. The van der Waals surface area contributed by atoms with Crippen LogP contribution in [-0.2, 0) is 52.7 Å². The van der Waals surface area contributed by atoms with Gasteiger partial charge in [0.2, 0.25) is 53.2 Å². The van der Waals surface area contributed by atoms with Gasteiger partial charge in [-0.25, -0.2) is 4.79 Å². The van der Waals surface area contributed by atoms with E-state index < -0.39 is 165 Å². The molecule has 8 atom stereocenters. The molecule has 9 amide bonds. The van der Waals surface area contributed by atoms with Gasteiger partial charge in [-0.3, -0.25) is 57.9 Å². The Hall–Kier alpha value is -7.45. The number of aliphatic imine (C=N–C) groups is 2. The van der Waals surface area contributed by atoms with E-state index in [4.69, 9.17) is 45.2 Å². The number of carboxylic acids is 2. The number of amides is 9. The van der Waals surface area contributed by atoms with E-state index in [9.17, 15) is 73.2 Å². The first-order valence-corrected chi connectivity index (χ1v) is 20.2. The smallest absolute Gasteiger partial charge is 0.326 e. The number of nitrogens with zero attached hydrogens (tertiary/aromatic N) is 2. The topological polar surface area (TPSA) is 580 Å². The van der Waals surface area contributed by atoms with Crippen LogP contribution in [0.3, 0.4) is 0 Å². The zero-order valence-electron chi connectivity index (χ0n) is 36.2. The number of primary amides is 2. The molecule has 0 aromatic rings. The van der Waals surface area contributed by atoms with Crippen LogP contribution in [0, 0.1) is 0 Å². The molecule has 0 aliphatic rings. The van der Waals surface area contributed by atoms with Gasteiger partial charge in [0.1, 0.15) is 48.3 Å². The molecule has 0 aliphatic carbocycles. The number of carbonyl (C=O) groups is 11. The minimum absolute atomic E-state index is 0.000355. The minimum Gasteiger partial charge on any atom is -0.481 e. The summed E-state index contributed by atoms with van der Waals surface area (Å²) in [5, 5.41) is 62.8. The number of rotatable bonds is 34. The lowest BCUT2D eigenvalue weighted by molar-refractivity contribution is -0.143. The maximum atomic E-state index is 13.7. The SMILES string of the molecule is NC(=O)CC[C@H](NC(=O)[C@H](CCC(=O)O)NC(=O)[C@H](CC(N)=O)NC(=O)[C@H](CCCN=C(N)N)NC(=O)[C@H](CO)NC(=O)[C@@H](N)CO)C(=O)N[C@@H](CO)C(=O)N[C@@H](CCCN=C(N)N)C(=O)O. The van der Waals surface area contributed by atoms with Gasteiger partial charge >= 0.3 is 11.9 Å². The Bertz CT molecular complexity index is 1810. The van der Waals surface area contributed by atoms with Crippen molar-refractivity contribution in [3.63, 3.8) is 0 Å². The van der Waals surface area contributed by atoms with Crippen LogP contribution in [0.1, 0.15) is 57.8 Å². The summed E-state index contributed by atoms with van der Waals surface area (Å²) in [5.41, 5.74) is 37.1. The second-order valence-electron chi connectivity index (χ2n) is 14.4. The first kappa shape index (κ1) is 59.5. The van der Waals surface area contributed by atoms with Crippen molar-refractivity contribution in [3.8, 4) is 0 Å². The summed E-state index contributed by atoms with van der Waals surface area (Å²) >= 11 is 0. The average molecular weight is 963 g/mol. The number of carboxylic acid groups (broad SMARTS) is 2. The highest BCUT2D eigenvalue weighted by molar-refractivity contribution is 5.99. The van der Waals surface area contributed by atoms with E-state index in [0.29, 0.717) is 0 Å². The Balaban J connectivity index is 6.56. The van der Waals surface area contributed by atoms with Gasteiger partial charge in [0.05, 0.1) is 26.2 Å². The van der Waals surface area contributed by atoms with Crippen LogP contribution < -0.4 is 77.4 Å². The summed E-state index contributed by atoms with van der Waals surface area (Å²) in [5.74, 6) is -14.3. The minimum atomic E-state index is -1.96. The monoisotopic (exact) mass is 962 g/mol. The highest BCUT2D eigenvalue weighted by Gasteiger charge is 2.35. The number of aliphatic hydroxyl groups is 3.